The highest BCUT2D eigenvalue weighted by Crippen LogP contribution is 2.27. The summed E-state index contributed by atoms with van der Waals surface area (Å²) in [6.45, 7) is 8.57. The van der Waals surface area contributed by atoms with E-state index >= 15 is 0 Å². The van der Waals surface area contributed by atoms with Crippen LogP contribution in [0.1, 0.15) is 15.4 Å². The summed E-state index contributed by atoms with van der Waals surface area (Å²) in [5.74, 6) is 0.519. The molecule has 2 aliphatic rings. The molecule has 2 atom stereocenters. The van der Waals surface area contributed by atoms with E-state index in [1.807, 2.05) is 11.8 Å². The van der Waals surface area contributed by atoms with Gasteiger partial charge in [0.05, 0.1) is 5.69 Å². The van der Waals surface area contributed by atoms with Gasteiger partial charge in [-0.25, -0.2) is 0 Å². The van der Waals surface area contributed by atoms with Gasteiger partial charge in [0.25, 0.3) is 5.91 Å². The molecule has 3 rings (SSSR count). The molecule has 0 radical (unpaired) electrons. The molecule has 0 bridgehead atoms. The van der Waals surface area contributed by atoms with Crippen molar-refractivity contribution >= 4 is 17.4 Å². The number of amides is 1. The second kappa shape index (κ2) is 7.21. The van der Waals surface area contributed by atoms with Crippen molar-refractivity contribution in [3.05, 3.63) is 10.6 Å². The Balaban J connectivity index is 1.61. The molecule has 0 aliphatic carbocycles. The lowest BCUT2D eigenvalue weighted by Crippen LogP contribution is -2.47. The third kappa shape index (κ3) is 3.71. The number of aromatic nitrogens is 2. The van der Waals surface area contributed by atoms with E-state index in [0.29, 0.717) is 29.6 Å². The summed E-state index contributed by atoms with van der Waals surface area (Å²) in [4.78, 5) is 19.9. The van der Waals surface area contributed by atoms with Crippen molar-refractivity contribution in [1.29, 1.82) is 0 Å². The molecule has 128 valence electrons. The first kappa shape index (κ1) is 16.8. The molecule has 0 saturated carbocycles. The number of nitrogens with zero attached hydrogens (tertiary/aromatic N) is 5. The Morgan fingerprint density at radius 1 is 1.26 bits per heavy atom. The van der Waals surface area contributed by atoms with E-state index in [9.17, 15) is 9.90 Å². The van der Waals surface area contributed by atoms with Gasteiger partial charge in [-0.15, -0.1) is 5.10 Å². The normalized spacial score (nSPS) is 26.8. The lowest BCUT2D eigenvalue weighted by Gasteiger charge is -2.34. The molecule has 2 fully saturated rings. The van der Waals surface area contributed by atoms with Gasteiger partial charge in [0, 0.05) is 58.3 Å². The lowest BCUT2D eigenvalue weighted by atomic mass is 9.96. The minimum atomic E-state index is 0.0110. The first-order chi connectivity index (χ1) is 11.1. The number of likely N-dealkylation sites (N-methyl/N-ethyl adjacent to an activating group) is 1. The number of aliphatic hydroxyl groups is 1. The fourth-order valence-corrected chi connectivity index (χ4v) is 4.08. The van der Waals surface area contributed by atoms with Crippen LogP contribution in [-0.2, 0) is 0 Å². The topological polar surface area (TPSA) is 72.8 Å². The third-order valence-corrected chi connectivity index (χ3v) is 5.85. The first-order valence-corrected chi connectivity index (χ1v) is 8.95. The average molecular weight is 339 g/mol. The molecule has 1 aromatic rings. The molecule has 2 saturated heterocycles. The van der Waals surface area contributed by atoms with E-state index in [4.69, 9.17) is 0 Å². The standard InChI is InChI=1S/C15H25N5O2S/c1-11-14(23-17-16-11)15(22)20-8-12(13(9-20)10-21)7-19-5-3-18(2)4-6-19/h12-13,21H,3-10H2,1-2H3/t12-,13-/m1/s1. The van der Waals surface area contributed by atoms with Crippen LogP contribution in [0, 0.1) is 18.8 Å². The predicted molar refractivity (Wildman–Crippen MR) is 88.6 cm³/mol. The summed E-state index contributed by atoms with van der Waals surface area (Å²) in [6, 6.07) is 0. The molecular weight excluding hydrogens is 314 g/mol. The minimum absolute atomic E-state index is 0.0110. The Morgan fingerprint density at radius 2 is 1.96 bits per heavy atom. The number of hydrogen-bond acceptors (Lipinski definition) is 7. The van der Waals surface area contributed by atoms with Gasteiger partial charge in [0.1, 0.15) is 4.88 Å². The smallest absolute Gasteiger partial charge is 0.267 e. The van der Waals surface area contributed by atoms with Crippen molar-refractivity contribution in [2.45, 2.75) is 6.92 Å². The monoisotopic (exact) mass is 339 g/mol. The Hall–Kier alpha value is -1.09. The molecule has 0 spiro atoms. The highest BCUT2D eigenvalue weighted by Gasteiger charge is 2.37. The second-order valence-corrected chi connectivity index (χ2v) is 7.46. The summed E-state index contributed by atoms with van der Waals surface area (Å²) in [7, 11) is 2.15. The molecule has 2 aliphatic heterocycles. The Morgan fingerprint density at radius 3 is 2.57 bits per heavy atom. The molecule has 1 N–H and O–H groups in total. The number of rotatable bonds is 4. The van der Waals surface area contributed by atoms with Gasteiger partial charge < -0.3 is 19.8 Å². The molecule has 3 heterocycles. The van der Waals surface area contributed by atoms with Gasteiger partial charge in [-0.05, 0) is 31.4 Å². The number of aliphatic hydroxyl groups excluding tert-OH is 1. The van der Waals surface area contributed by atoms with Gasteiger partial charge in [0.15, 0.2) is 0 Å². The van der Waals surface area contributed by atoms with Gasteiger partial charge in [-0.1, -0.05) is 4.49 Å². The predicted octanol–water partition coefficient (Wildman–Crippen LogP) is -0.226. The number of carbonyl (C=O) groups excluding carboxylic acids is 1. The number of aryl methyl sites for hydroxylation is 1. The van der Waals surface area contributed by atoms with E-state index in [2.05, 4.69) is 26.4 Å². The summed E-state index contributed by atoms with van der Waals surface area (Å²) in [5, 5.41) is 13.6. The van der Waals surface area contributed by atoms with Crippen molar-refractivity contribution in [3.8, 4) is 0 Å². The quantitative estimate of drug-likeness (QED) is 0.817. The minimum Gasteiger partial charge on any atom is -0.396 e. The SMILES string of the molecule is Cc1nnsc1C(=O)N1C[C@@H](CN2CCN(C)CC2)[C@@H](CO)C1. The highest BCUT2D eigenvalue weighted by atomic mass is 32.1. The van der Waals surface area contributed by atoms with Gasteiger partial charge in [-0.2, -0.15) is 0 Å². The Kier molecular flexibility index (Phi) is 5.25. The fourth-order valence-electron chi connectivity index (χ4n) is 3.45. The number of likely N-dealkylation sites (tertiary alicyclic amines) is 1. The zero-order valence-corrected chi connectivity index (χ0v) is 14.6. The van der Waals surface area contributed by atoms with Gasteiger partial charge in [-0.3, -0.25) is 4.79 Å². The Labute approximate surface area is 141 Å². The van der Waals surface area contributed by atoms with Crippen molar-refractivity contribution in [2.24, 2.45) is 11.8 Å². The van der Waals surface area contributed by atoms with E-state index in [-0.39, 0.29) is 18.4 Å². The number of carbonyl (C=O) groups is 1. The highest BCUT2D eigenvalue weighted by molar-refractivity contribution is 7.07. The van der Waals surface area contributed by atoms with Crippen LogP contribution in [0.4, 0.5) is 0 Å². The van der Waals surface area contributed by atoms with Gasteiger partial charge >= 0.3 is 0 Å². The third-order valence-electron chi connectivity index (χ3n) is 5.03. The maximum atomic E-state index is 12.6. The molecule has 0 unspecified atom stereocenters. The van der Waals surface area contributed by atoms with Crippen LogP contribution in [0.15, 0.2) is 0 Å². The molecule has 8 heteroatoms. The zero-order valence-electron chi connectivity index (χ0n) is 13.8. The van der Waals surface area contributed by atoms with Crippen molar-refractivity contribution in [1.82, 2.24) is 24.3 Å². The second-order valence-electron chi connectivity index (χ2n) is 6.70. The van der Waals surface area contributed by atoms with Crippen LogP contribution in [0.5, 0.6) is 0 Å². The summed E-state index contributed by atoms with van der Waals surface area (Å²) in [6.07, 6.45) is 0. The van der Waals surface area contributed by atoms with Crippen LogP contribution >= 0.6 is 11.5 Å². The first-order valence-electron chi connectivity index (χ1n) is 8.18. The molecular formula is C15H25N5O2S. The zero-order chi connectivity index (χ0) is 16.4. The fraction of sp³-hybridized carbons (Fsp3) is 0.800. The summed E-state index contributed by atoms with van der Waals surface area (Å²) < 4.78 is 3.85. The molecule has 23 heavy (non-hydrogen) atoms. The van der Waals surface area contributed by atoms with E-state index in [1.54, 1.807) is 0 Å². The van der Waals surface area contributed by atoms with Crippen molar-refractivity contribution in [2.75, 3.05) is 59.5 Å². The van der Waals surface area contributed by atoms with Gasteiger partial charge in [0.2, 0.25) is 0 Å². The van der Waals surface area contributed by atoms with Crippen LogP contribution in [-0.4, -0.2) is 94.8 Å². The van der Waals surface area contributed by atoms with Crippen molar-refractivity contribution in [3.63, 3.8) is 0 Å². The molecule has 1 aromatic heterocycles. The maximum absolute atomic E-state index is 12.6. The van der Waals surface area contributed by atoms with Crippen LogP contribution < -0.4 is 0 Å². The lowest BCUT2D eigenvalue weighted by molar-refractivity contribution is 0.0781. The van der Waals surface area contributed by atoms with Crippen LogP contribution in [0.3, 0.4) is 0 Å². The number of piperazine rings is 1. The molecule has 0 aromatic carbocycles. The Bertz CT molecular complexity index is 544. The summed E-state index contributed by atoms with van der Waals surface area (Å²) >= 11 is 1.16. The van der Waals surface area contributed by atoms with Crippen molar-refractivity contribution < 1.29 is 9.90 Å². The van der Waals surface area contributed by atoms with Crippen LogP contribution in [0.25, 0.3) is 0 Å². The largest absolute Gasteiger partial charge is 0.396 e. The summed E-state index contributed by atoms with van der Waals surface area (Å²) in [5.41, 5.74) is 0.697. The molecule has 1 amide bonds. The van der Waals surface area contributed by atoms with E-state index < -0.39 is 0 Å². The van der Waals surface area contributed by atoms with Crippen LogP contribution in [0.2, 0.25) is 0 Å². The average Bonchev–Trinajstić information content (AvgIpc) is 3.15. The maximum Gasteiger partial charge on any atom is 0.267 e. The van der Waals surface area contributed by atoms with E-state index in [1.165, 1.54) is 0 Å². The molecule has 7 nitrogen and oxygen atoms in total. The number of hydrogen-bond donors (Lipinski definition) is 1. The van der Waals surface area contributed by atoms with E-state index in [0.717, 1.165) is 44.3 Å².